The molecule has 0 spiro atoms. The molecule has 2 heterocycles. The van der Waals surface area contributed by atoms with Gasteiger partial charge in [0.25, 0.3) is 6.43 Å². The van der Waals surface area contributed by atoms with Crippen molar-refractivity contribution in [1.29, 1.82) is 5.26 Å². The molecular formula is C21H23F2N7O2. The largest absolute Gasteiger partial charge is 0.372 e. The molecule has 0 saturated heterocycles. The van der Waals surface area contributed by atoms with Gasteiger partial charge in [-0.2, -0.15) is 5.26 Å². The number of rotatable bonds is 8. The highest BCUT2D eigenvalue weighted by Gasteiger charge is 2.39. The van der Waals surface area contributed by atoms with E-state index in [4.69, 9.17) is 0 Å². The van der Waals surface area contributed by atoms with Gasteiger partial charge in [0.15, 0.2) is 11.5 Å². The van der Waals surface area contributed by atoms with Gasteiger partial charge in [-0.25, -0.2) is 18.7 Å². The van der Waals surface area contributed by atoms with E-state index in [1.807, 2.05) is 13.0 Å². The lowest BCUT2D eigenvalue weighted by Crippen LogP contribution is -2.41. The Hall–Kier alpha value is -3.68. The van der Waals surface area contributed by atoms with E-state index in [1.54, 1.807) is 6.07 Å². The first kappa shape index (κ1) is 23.0. The van der Waals surface area contributed by atoms with Crippen molar-refractivity contribution in [2.45, 2.75) is 32.7 Å². The van der Waals surface area contributed by atoms with Crippen molar-refractivity contribution < 1.29 is 18.4 Å². The second kappa shape index (κ2) is 9.64. The number of likely N-dealkylation sites (N-methyl/N-ethyl adjacent to an activating group) is 1. The summed E-state index contributed by atoms with van der Waals surface area (Å²) in [4.78, 5) is 37.8. The molecule has 11 heteroatoms. The normalized spacial score (nSPS) is 17.9. The Balaban J connectivity index is 1.73. The maximum absolute atomic E-state index is 12.5. The minimum Gasteiger partial charge on any atom is -0.372 e. The summed E-state index contributed by atoms with van der Waals surface area (Å²) in [6.45, 7) is 2.83. The fraction of sp³-hybridized carbons (Fsp3) is 0.429. The third-order valence-electron chi connectivity index (χ3n) is 5.17. The van der Waals surface area contributed by atoms with Gasteiger partial charge in [-0.1, -0.05) is 6.92 Å². The molecule has 2 aromatic rings. The second-order valence-electron chi connectivity index (χ2n) is 7.80. The van der Waals surface area contributed by atoms with E-state index >= 15 is 0 Å². The highest BCUT2D eigenvalue weighted by atomic mass is 19.3. The number of amides is 2. The zero-order valence-corrected chi connectivity index (χ0v) is 17.8. The molecule has 1 fully saturated rings. The van der Waals surface area contributed by atoms with Gasteiger partial charge < -0.3 is 15.5 Å². The predicted octanol–water partition coefficient (Wildman–Crippen LogP) is 2.53. The Bertz CT molecular complexity index is 1040. The Morgan fingerprint density at radius 1 is 1.28 bits per heavy atom. The van der Waals surface area contributed by atoms with Gasteiger partial charge in [-0.3, -0.25) is 14.6 Å². The van der Waals surface area contributed by atoms with Crippen LogP contribution in [0.4, 0.5) is 20.3 Å². The summed E-state index contributed by atoms with van der Waals surface area (Å²) >= 11 is 0. The van der Waals surface area contributed by atoms with E-state index in [2.05, 4.69) is 25.6 Å². The van der Waals surface area contributed by atoms with Gasteiger partial charge >= 0.3 is 0 Å². The highest BCUT2D eigenvalue weighted by Crippen LogP contribution is 2.38. The topological polar surface area (TPSA) is 124 Å². The van der Waals surface area contributed by atoms with Gasteiger partial charge in [0, 0.05) is 24.7 Å². The molecule has 2 N–H and O–H groups in total. The number of nitriles is 1. The molecular weight excluding hydrogens is 420 g/mol. The summed E-state index contributed by atoms with van der Waals surface area (Å²) in [7, 11) is 1.28. The summed E-state index contributed by atoms with van der Waals surface area (Å²) in [5.41, 5.74) is 1.27. The van der Waals surface area contributed by atoms with Gasteiger partial charge in [-0.05, 0) is 25.3 Å². The molecule has 32 heavy (non-hydrogen) atoms. The Kier molecular flexibility index (Phi) is 6.92. The summed E-state index contributed by atoms with van der Waals surface area (Å²) in [6.07, 6.45) is 2.55. The van der Waals surface area contributed by atoms with E-state index in [-0.39, 0.29) is 23.2 Å². The van der Waals surface area contributed by atoms with Crippen LogP contribution in [-0.2, 0) is 9.59 Å². The summed E-state index contributed by atoms with van der Waals surface area (Å²) < 4.78 is 25.1. The number of carbonyl (C=O) groups is 2. The molecule has 2 amide bonds. The highest BCUT2D eigenvalue weighted by molar-refractivity contribution is 5.93. The van der Waals surface area contributed by atoms with Crippen molar-refractivity contribution in [3.8, 4) is 17.3 Å². The van der Waals surface area contributed by atoms with Crippen LogP contribution in [0.15, 0.2) is 24.7 Å². The molecule has 3 rings (SSSR count). The summed E-state index contributed by atoms with van der Waals surface area (Å²) in [5.74, 6) is 0.0877. The molecule has 168 valence electrons. The molecule has 0 aliphatic heterocycles. The third kappa shape index (κ3) is 5.51. The monoisotopic (exact) mass is 443 g/mol. The Labute approximate surface area is 183 Å². The Morgan fingerprint density at radius 3 is 2.56 bits per heavy atom. The van der Waals surface area contributed by atoms with Crippen LogP contribution in [0.2, 0.25) is 0 Å². The smallest absolute Gasteiger partial charge is 0.255 e. The van der Waals surface area contributed by atoms with Crippen LogP contribution < -0.4 is 10.6 Å². The number of nitrogens with zero attached hydrogens (tertiary/aromatic N) is 5. The van der Waals surface area contributed by atoms with Gasteiger partial charge in [0.1, 0.15) is 12.1 Å². The van der Waals surface area contributed by atoms with Crippen LogP contribution >= 0.6 is 0 Å². The fourth-order valence-electron chi connectivity index (χ4n) is 3.17. The number of pyridine rings is 1. The van der Waals surface area contributed by atoms with Crippen LogP contribution in [0.3, 0.4) is 0 Å². The van der Waals surface area contributed by atoms with E-state index in [1.165, 1.54) is 32.6 Å². The summed E-state index contributed by atoms with van der Waals surface area (Å²) in [6, 6.07) is 2.64. The van der Waals surface area contributed by atoms with Gasteiger partial charge in [0.2, 0.25) is 11.8 Å². The molecule has 0 aromatic carbocycles. The average molecular weight is 443 g/mol. The van der Waals surface area contributed by atoms with Crippen LogP contribution in [0.5, 0.6) is 0 Å². The SMILES string of the molecule is CC1CC1C(=O)Nc1cnc(-c2cnc(C#N)c(N[C@@H](C)C(=O)N(C)CC(F)F)c2)cn1. The molecule has 0 radical (unpaired) electrons. The molecule has 9 nitrogen and oxygen atoms in total. The molecule has 0 bridgehead atoms. The lowest BCUT2D eigenvalue weighted by molar-refractivity contribution is -0.132. The van der Waals surface area contributed by atoms with Crippen molar-refractivity contribution in [2.24, 2.45) is 11.8 Å². The molecule has 3 atom stereocenters. The van der Waals surface area contributed by atoms with Crippen LogP contribution in [0.1, 0.15) is 26.0 Å². The maximum Gasteiger partial charge on any atom is 0.255 e. The lowest BCUT2D eigenvalue weighted by atomic mass is 10.1. The number of aromatic nitrogens is 3. The molecule has 2 unspecified atom stereocenters. The van der Waals surface area contributed by atoms with Crippen molar-refractivity contribution in [2.75, 3.05) is 24.2 Å². The minimum atomic E-state index is -2.64. The van der Waals surface area contributed by atoms with Crippen molar-refractivity contribution in [1.82, 2.24) is 19.9 Å². The van der Waals surface area contributed by atoms with E-state index in [0.717, 1.165) is 11.3 Å². The molecule has 1 aliphatic carbocycles. The first-order chi connectivity index (χ1) is 15.2. The standard InChI is InChI=1S/C21H23F2N7O2/c1-11-4-14(11)20(31)29-19-9-26-17(8-27-19)13-5-15(16(6-24)25-7-13)28-12(2)21(32)30(3)10-18(22)23/h5,7-9,11-12,14,18,28H,4,10H2,1-3H3,(H,27,29,31)/t11?,12-,14?/m0/s1. The number of anilines is 2. The molecule has 1 saturated carbocycles. The average Bonchev–Trinajstić information content (AvgIpc) is 3.50. The van der Waals surface area contributed by atoms with Crippen LogP contribution in [0, 0.1) is 23.2 Å². The number of alkyl halides is 2. The van der Waals surface area contributed by atoms with Gasteiger partial charge in [0.05, 0.1) is 30.3 Å². The van der Waals surface area contributed by atoms with Crippen LogP contribution in [-0.4, -0.2) is 57.7 Å². The van der Waals surface area contributed by atoms with Crippen molar-refractivity contribution in [3.63, 3.8) is 0 Å². The zero-order chi connectivity index (χ0) is 23.4. The summed E-state index contributed by atoms with van der Waals surface area (Å²) in [5, 5.41) is 14.9. The lowest BCUT2D eigenvalue weighted by Gasteiger charge is -2.22. The van der Waals surface area contributed by atoms with Crippen molar-refractivity contribution in [3.05, 3.63) is 30.4 Å². The Morgan fingerprint density at radius 2 is 2.00 bits per heavy atom. The molecule has 2 aromatic heterocycles. The first-order valence-electron chi connectivity index (χ1n) is 10.0. The number of carbonyl (C=O) groups excluding carboxylic acids is 2. The van der Waals surface area contributed by atoms with Crippen LogP contribution in [0.25, 0.3) is 11.3 Å². The van der Waals surface area contributed by atoms with E-state index < -0.39 is 24.9 Å². The first-order valence-corrected chi connectivity index (χ1v) is 10.0. The predicted molar refractivity (Wildman–Crippen MR) is 113 cm³/mol. The minimum absolute atomic E-state index is 0.0114. The van der Waals surface area contributed by atoms with E-state index in [9.17, 15) is 23.6 Å². The number of hydrogen-bond acceptors (Lipinski definition) is 7. The van der Waals surface area contributed by atoms with Crippen molar-refractivity contribution >= 4 is 23.3 Å². The van der Waals surface area contributed by atoms with E-state index in [0.29, 0.717) is 23.0 Å². The quantitative estimate of drug-likeness (QED) is 0.642. The maximum atomic E-state index is 12.5. The van der Waals surface area contributed by atoms with Gasteiger partial charge in [-0.15, -0.1) is 0 Å². The number of nitrogens with one attached hydrogen (secondary N) is 2. The fourth-order valence-corrected chi connectivity index (χ4v) is 3.17. The molecule has 1 aliphatic rings. The second-order valence-corrected chi connectivity index (χ2v) is 7.80. The number of halogens is 2. The zero-order valence-electron chi connectivity index (χ0n) is 17.8. The number of hydrogen-bond donors (Lipinski definition) is 2. The third-order valence-corrected chi connectivity index (χ3v) is 5.17.